The van der Waals surface area contributed by atoms with Crippen molar-refractivity contribution in [3.8, 4) is 0 Å². The number of aliphatic hydroxyl groups is 1. The Bertz CT molecular complexity index is 534. The predicted molar refractivity (Wildman–Crippen MR) is 75.8 cm³/mol. The Kier molecular flexibility index (Phi) is 4.25. The van der Waals surface area contributed by atoms with E-state index in [4.69, 9.17) is 5.41 Å². The first-order valence-electron chi connectivity index (χ1n) is 7.17. The van der Waals surface area contributed by atoms with Crippen molar-refractivity contribution in [3.63, 3.8) is 0 Å². The van der Waals surface area contributed by atoms with Gasteiger partial charge in [-0.05, 0) is 18.3 Å². The Labute approximate surface area is 123 Å². The summed E-state index contributed by atoms with van der Waals surface area (Å²) in [4.78, 5) is 35.0. The van der Waals surface area contributed by atoms with Crippen molar-refractivity contribution in [1.29, 1.82) is 5.41 Å². The molecule has 2 atom stereocenters. The number of hydrogen-bond acceptors (Lipinski definition) is 5. The first-order chi connectivity index (χ1) is 9.79. The molecular weight excluding hydrogens is 272 g/mol. The lowest BCUT2D eigenvalue weighted by molar-refractivity contribution is -0.135. The van der Waals surface area contributed by atoms with Crippen LogP contribution >= 0.6 is 0 Å². The average Bonchev–Trinajstić information content (AvgIpc) is 2.35. The van der Waals surface area contributed by atoms with Crippen LogP contribution in [0.3, 0.4) is 0 Å². The average molecular weight is 292 g/mol. The van der Waals surface area contributed by atoms with E-state index in [1.54, 1.807) is 0 Å². The predicted octanol–water partition coefficient (Wildman–Crippen LogP) is 1.51. The first-order valence-corrected chi connectivity index (χ1v) is 7.17. The van der Waals surface area contributed by atoms with Crippen molar-refractivity contribution >= 4 is 23.3 Å². The molecule has 0 radical (unpaired) electrons. The summed E-state index contributed by atoms with van der Waals surface area (Å²) in [7, 11) is 0. The number of Topliss-reactive ketones (excluding diaryl/α,β-unsaturated/α-hetero) is 1. The number of carbonyl (C=O) groups excluding carboxylic acids is 3. The minimum Gasteiger partial charge on any atom is -0.511 e. The van der Waals surface area contributed by atoms with Gasteiger partial charge in [0.15, 0.2) is 5.78 Å². The minimum atomic E-state index is -0.372. The summed E-state index contributed by atoms with van der Waals surface area (Å²) in [6.07, 6.45) is 0.917. The Balaban J connectivity index is 2.15. The molecule has 114 valence electrons. The van der Waals surface area contributed by atoms with E-state index < -0.39 is 0 Å². The van der Waals surface area contributed by atoms with E-state index in [0.29, 0.717) is 6.42 Å². The smallest absolute Gasteiger partial charge is 0.226 e. The van der Waals surface area contributed by atoms with Crippen LogP contribution in [0.1, 0.15) is 39.5 Å². The summed E-state index contributed by atoms with van der Waals surface area (Å²) in [6.45, 7) is 3.68. The maximum absolute atomic E-state index is 12.4. The summed E-state index contributed by atoms with van der Waals surface area (Å²) in [5, 5.41) is 20.3. The van der Waals surface area contributed by atoms with Crippen molar-refractivity contribution in [2.24, 2.45) is 17.8 Å². The number of ketones is 1. The monoisotopic (exact) mass is 292 g/mol. The molecule has 6 nitrogen and oxygen atoms in total. The van der Waals surface area contributed by atoms with Crippen LogP contribution in [0.15, 0.2) is 11.3 Å². The number of allylic oxidation sites excluding steroid dienone is 2. The second-order valence-corrected chi connectivity index (χ2v) is 6.08. The van der Waals surface area contributed by atoms with Crippen LogP contribution in [-0.2, 0) is 14.4 Å². The number of carbonyl (C=O) groups is 3. The van der Waals surface area contributed by atoms with Crippen LogP contribution in [0, 0.1) is 23.2 Å². The maximum atomic E-state index is 12.4. The fourth-order valence-electron chi connectivity index (χ4n) is 3.05. The van der Waals surface area contributed by atoms with E-state index in [2.05, 4.69) is 5.32 Å². The number of rotatable bonds is 3. The molecule has 0 aromatic heterocycles. The molecule has 1 heterocycles. The summed E-state index contributed by atoms with van der Waals surface area (Å²) in [5.74, 6) is -1.70. The number of hydrogen-bond donors (Lipinski definition) is 3. The molecule has 21 heavy (non-hydrogen) atoms. The standard InChI is InChI=1S/C15H20N2O4/c1-7-3-8(2)15(21)13(14(7)16)10(18)4-9-5-11(19)17-12(20)6-9/h7-9,16,21H,3-6H2,1-2H3,(H,17,19,20). The van der Waals surface area contributed by atoms with Gasteiger partial charge in [-0.15, -0.1) is 0 Å². The molecule has 6 heteroatoms. The van der Waals surface area contributed by atoms with E-state index in [1.165, 1.54) is 0 Å². The lowest BCUT2D eigenvalue weighted by atomic mass is 9.77. The van der Waals surface area contributed by atoms with Gasteiger partial charge in [-0.2, -0.15) is 0 Å². The molecule has 2 rings (SSSR count). The summed E-state index contributed by atoms with van der Waals surface area (Å²) >= 11 is 0. The van der Waals surface area contributed by atoms with Crippen LogP contribution in [0.5, 0.6) is 0 Å². The number of aliphatic hydroxyl groups excluding tert-OH is 1. The van der Waals surface area contributed by atoms with Gasteiger partial charge in [0.2, 0.25) is 11.8 Å². The molecular formula is C15H20N2O4. The molecule has 3 N–H and O–H groups in total. The number of piperidine rings is 1. The molecule has 1 fully saturated rings. The van der Waals surface area contributed by atoms with E-state index in [-0.39, 0.29) is 71.7 Å². The van der Waals surface area contributed by atoms with Crippen LogP contribution in [0.25, 0.3) is 0 Å². The highest BCUT2D eigenvalue weighted by atomic mass is 16.3. The summed E-state index contributed by atoms with van der Waals surface area (Å²) in [5.41, 5.74) is 0.238. The van der Waals surface area contributed by atoms with Crippen LogP contribution < -0.4 is 5.32 Å². The highest BCUT2D eigenvalue weighted by molar-refractivity contribution is 6.22. The highest BCUT2D eigenvalue weighted by Gasteiger charge is 2.34. The van der Waals surface area contributed by atoms with Crippen molar-refractivity contribution in [3.05, 3.63) is 11.3 Å². The van der Waals surface area contributed by atoms with Gasteiger partial charge in [0.1, 0.15) is 5.76 Å². The van der Waals surface area contributed by atoms with Gasteiger partial charge >= 0.3 is 0 Å². The van der Waals surface area contributed by atoms with Crippen molar-refractivity contribution in [2.45, 2.75) is 39.5 Å². The quantitative estimate of drug-likeness (QED) is 0.685. The van der Waals surface area contributed by atoms with E-state index in [9.17, 15) is 19.5 Å². The Hall–Kier alpha value is -1.98. The summed E-state index contributed by atoms with van der Waals surface area (Å²) in [6, 6.07) is 0. The number of imide groups is 1. The Morgan fingerprint density at radius 1 is 1.24 bits per heavy atom. The zero-order chi connectivity index (χ0) is 15.7. The molecule has 1 saturated heterocycles. The SMILES string of the molecule is CC1CC(C)C(O)=C(C(=O)CC2CC(=O)NC(=O)C2)C1=N. The zero-order valence-electron chi connectivity index (χ0n) is 12.2. The van der Waals surface area contributed by atoms with Crippen LogP contribution in [-0.4, -0.2) is 28.4 Å². The first kappa shape index (κ1) is 15.4. The van der Waals surface area contributed by atoms with E-state index in [1.807, 2.05) is 13.8 Å². The lowest BCUT2D eigenvalue weighted by Gasteiger charge is -2.28. The van der Waals surface area contributed by atoms with Crippen LogP contribution in [0.2, 0.25) is 0 Å². The van der Waals surface area contributed by atoms with Crippen LogP contribution in [0.4, 0.5) is 0 Å². The molecule has 2 aliphatic rings. The largest absolute Gasteiger partial charge is 0.511 e. The Morgan fingerprint density at radius 2 is 1.81 bits per heavy atom. The van der Waals surface area contributed by atoms with Gasteiger partial charge < -0.3 is 10.5 Å². The van der Waals surface area contributed by atoms with Crippen molar-refractivity contribution in [1.82, 2.24) is 5.32 Å². The molecule has 2 amide bonds. The minimum absolute atomic E-state index is 0.0143. The lowest BCUT2D eigenvalue weighted by Crippen LogP contribution is -2.39. The summed E-state index contributed by atoms with van der Waals surface area (Å²) < 4.78 is 0. The third-order valence-electron chi connectivity index (χ3n) is 4.17. The van der Waals surface area contributed by atoms with E-state index >= 15 is 0 Å². The second kappa shape index (κ2) is 5.79. The molecule has 1 aliphatic carbocycles. The molecule has 1 aliphatic heterocycles. The molecule has 2 unspecified atom stereocenters. The molecule has 0 aromatic rings. The van der Waals surface area contributed by atoms with Gasteiger partial charge in [0.25, 0.3) is 0 Å². The van der Waals surface area contributed by atoms with Gasteiger partial charge in [0, 0.05) is 30.9 Å². The molecule has 0 aromatic carbocycles. The molecule has 0 spiro atoms. The third-order valence-corrected chi connectivity index (χ3v) is 4.17. The van der Waals surface area contributed by atoms with E-state index in [0.717, 1.165) is 0 Å². The van der Waals surface area contributed by atoms with Gasteiger partial charge in [-0.25, -0.2) is 0 Å². The maximum Gasteiger partial charge on any atom is 0.226 e. The van der Waals surface area contributed by atoms with Crippen molar-refractivity contribution in [2.75, 3.05) is 0 Å². The molecule has 0 bridgehead atoms. The highest BCUT2D eigenvalue weighted by Crippen LogP contribution is 2.32. The second-order valence-electron chi connectivity index (χ2n) is 6.08. The van der Waals surface area contributed by atoms with Crippen molar-refractivity contribution < 1.29 is 19.5 Å². The number of amides is 2. The zero-order valence-corrected chi connectivity index (χ0v) is 12.2. The van der Waals surface area contributed by atoms with Gasteiger partial charge in [-0.1, -0.05) is 13.8 Å². The Morgan fingerprint density at radius 3 is 2.38 bits per heavy atom. The topological polar surface area (TPSA) is 107 Å². The van der Waals surface area contributed by atoms with Gasteiger partial charge in [0.05, 0.1) is 5.57 Å². The fourth-order valence-corrected chi connectivity index (χ4v) is 3.05. The third kappa shape index (κ3) is 3.20. The van der Waals surface area contributed by atoms with Gasteiger partial charge in [-0.3, -0.25) is 19.7 Å². The number of nitrogens with one attached hydrogen (secondary N) is 2. The fraction of sp³-hybridized carbons (Fsp3) is 0.600. The molecule has 0 saturated carbocycles. The normalized spacial score (nSPS) is 27.8.